The summed E-state index contributed by atoms with van der Waals surface area (Å²) in [6.45, 7) is 2.02. The Hall–Kier alpha value is -0.900. The van der Waals surface area contributed by atoms with Crippen LogP contribution >= 0.6 is 0 Å². The Balaban J connectivity index is 1.94. The van der Waals surface area contributed by atoms with E-state index in [4.69, 9.17) is 5.73 Å². The predicted molar refractivity (Wildman–Crippen MR) is 52.7 cm³/mol. The van der Waals surface area contributed by atoms with Crippen LogP contribution in [-0.4, -0.2) is 14.8 Å². The van der Waals surface area contributed by atoms with E-state index in [2.05, 4.69) is 14.8 Å². The molecule has 1 aromatic heterocycles. The Morgan fingerprint density at radius 2 is 2.00 bits per heavy atom. The highest BCUT2D eigenvalue weighted by atomic mass is 15.3. The molecule has 0 aliphatic heterocycles. The number of aromatic nitrogens is 3. The van der Waals surface area contributed by atoms with Crippen molar-refractivity contribution in [3.63, 3.8) is 0 Å². The van der Waals surface area contributed by atoms with Gasteiger partial charge in [-0.3, -0.25) is 0 Å². The van der Waals surface area contributed by atoms with Crippen LogP contribution in [0.2, 0.25) is 0 Å². The van der Waals surface area contributed by atoms with Crippen molar-refractivity contribution in [2.24, 2.45) is 11.7 Å². The Bertz CT molecular complexity index is 349. The van der Waals surface area contributed by atoms with E-state index < -0.39 is 0 Å². The molecule has 0 bridgehead atoms. The van der Waals surface area contributed by atoms with Crippen LogP contribution in [0, 0.1) is 12.8 Å². The summed E-state index contributed by atoms with van der Waals surface area (Å²) in [6.07, 6.45) is 5.06. The number of nitrogens with two attached hydrogens (primary N) is 1. The fourth-order valence-corrected chi connectivity index (χ4v) is 2.06. The van der Waals surface area contributed by atoms with Crippen LogP contribution in [-0.2, 0) is 0 Å². The second-order valence-electron chi connectivity index (χ2n) is 4.57. The number of hydrogen-bond donors (Lipinski definition) is 1. The van der Waals surface area contributed by atoms with Crippen LogP contribution in [0.3, 0.4) is 0 Å². The second kappa shape index (κ2) is 2.79. The van der Waals surface area contributed by atoms with Crippen LogP contribution in [0.15, 0.2) is 0 Å². The summed E-state index contributed by atoms with van der Waals surface area (Å²) in [7, 11) is 0. The molecule has 1 aromatic rings. The van der Waals surface area contributed by atoms with Crippen molar-refractivity contribution >= 4 is 0 Å². The summed E-state index contributed by atoms with van der Waals surface area (Å²) >= 11 is 0. The second-order valence-corrected chi connectivity index (χ2v) is 4.57. The van der Waals surface area contributed by atoms with Crippen molar-refractivity contribution in [2.75, 3.05) is 0 Å². The number of aryl methyl sites for hydroxylation is 1. The Morgan fingerprint density at radius 3 is 2.57 bits per heavy atom. The molecule has 1 heterocycles. The first kappa shape index (κ1) is 8.41. The maximum absolute atomic E-state index is 6.16. The average Bonchev–Trinajstić information content (AvgIpc) is 3.04. The maximum Gasteiger partial charge on any atom is 0.150 e. The lowest BCUT2D eigenvalue weighted by atomic mass is 10.2. The zero-order valence-electron chi connectivity index (χ0n) is 8.48. The molecule has 0 radical (unpaired) electrons. The smallest absolute Gasteiger partial charge is 0.150 e. The minimum Gasteiger partial charge on any atom is -0.321 e. The lowest BCUT2D eigenvalue weighted by molar-refractivity contribution is 0.540. The van der Waals surface area contributed by atoms with Gasteiger partial charge in [0.1, 0.15) is 5.82 Å². The van der Waals surface area contributed by atoms with Crippen molar-refractivity contribution in [3.05, 3.63) is 11.6 Å². The van der Waals surface area contributed by atoms with E-state index in [0.717, 1.165) is 11.6 Å². The van der Waals surface area contributed by atoms with Gasteiger partial charge in [-0.05, 0) is 38.5 Å². The van der Waals surface area contributed by atoms with Crippen molar-refractivity contribution < 1.29 is 0 Å². The first-order valence-electron chi connectivity index (χ1n) is 5.44. The van der Waals surface area contributed by atoms with E-state index in [-0.39, 0.29) is 6.04 Å². The fourth-order valence-electron chi connectivity index (χ4n) is 2.06. The van der Waals surface area contributed by atoms with Gasteiger partial charge >= 0.3 is 0 Å². The summed E-state index contributed by atoms with van der Waals surface area (Å²) in [5.74, 6) is 2.71. The number of nitrogens with zero attached hydrogens (tertiary/aromatic N) is 3. The lowest BCUT2D eigenvalue weighted by Crippen LogP contribution is -2.18. The quantitative estimate of drug-likeness (QED) is 0.786. The zero-order chi connectivity index (χ0) is 9.71. The van der Waals surface area contributed by atoms with Crippen molar-refractivity contribution in [2.45, 2.75) is 44.7 Å². The summed E-state index contributed by atoms with van der Waals surface area (Å²) < 4.78 is 2.25. The molecule has 0 spiro atoms. The van der Waals surface area contributed by atoms with Gasteiger partial charge in [0.25, 0.3) is 0 Å². The molecule has 2 aliphatic rings. The molecule has 1 atom stereocenters. The molecule has 0 aromatic carbocycles. The molecule has 0 amide bonds. The van der Waals surface area contributed by atoms with Crippen LogP contribution in [0.5, 0.6) is 0 Å². The molecule has 2 saturated carbocycles. The molecular formula is C10H16N4. The van der Waals surface area contributed by atoms with Crippen molar-refractivity contribution in [1.29, 1.82) is 0 Å². The third-order valence-electron chi connectivity index (χ3n) is 3.23. The average molecular weight is 192 g/mol. The summed E-state index contributed by atoms with van der Waals surface area (Å²) in [4.78, 5) is 0. The minimum absolute atomic E-state index is 0.122. The predicted octanol–water partition coefficient (Wildman–Crippen LogP) is 1.33. The van der Waals surface area contributed by atoms with Crippen molar-refractivity contribution in [1.82, 2.24) is 14.8 Å². The lowest BCUT2D eigenvalue weighted by Gasteiger charge is -2.12. The van der Waals surface area contributed by atoms with Gasteiger partial charge in [0.15, 0.2) is 5.82 Å². The third-order valence-corrected chi connectivity index (χ3v) is 3.23. The van der Waals surface area contributed by atoms with Gasteiger partial charge in [0.2, 0.25) is 0 Å². The molecule has 2 aliphatic carbocycles. The van der Waals surface area contributed by atoms with E-state index in [0.29, 0.717) is 12.0 Å². The molecule has 2 fully saturated rings. The molecule has 3 rings (SSSR count). The highest BCUT2D eigenvalue weighted by Crippen LogP contribution is 2.42. The molecule has 1 unspecified atom stereocenters. The Morgan fingerprint density at radius 1 is 1.29 bits per heavy atom. The first-order chi connectivity index (χ1) is 6.77. The van der Waals surface area contributed by atoms with Gasteiger partial charge in [-0.25, -0.2) is 0 Å². The molecule has 14 heavy (non-hydrogen) atoms. The number of hydrogen-bond acceptors (Lipinski definition) is 3. The molecule has 4 heteroatoms. The van der Waals surface area contributed by atoms with Crippen LogP contribution in [0.4, 0.5) is 0 Å². The van der Waals surface area contributed by atoms with Crippen LogP contribution < -0.4 is 5.73 Å². The summed E-state index contributed by atoms with van der Waals surface area (Å²) in [6, 6.07) is 0.765. The highest BCUT2D eigenvalue weighted by Gasteiger charge is 2.36. The summed E-state index contributed by atoms with van der Waals surface area (Å²) in [5, 5.41) is 8.37. The standard InChI is InChI=1S/C10H16N4/c1-6-12-13-10(9(11)7-2-3-7)14(6)8-4-5-8/h7-9H,2-5,11H2,1H3. The van der Waals surface area contributed by atoms with E-state index in [1.54, 1.807) is 0 Å². The Labute approximate surface area is 83.5 Å². The van der Waals surface area contributed by atoms with Gasteiger partial charge in [-0.15, -0.1) is 10.2 Å². The Kier molecular flexibility index (Phi) is 1.68. The maximum atomic E-state index is 6.16. The first-order valence-corrected chi connectivity index (χ1v) is 5.44. The SMILES string of the molecule is Cc1nnc(C(N)C2CC2)n1C1CC1. The normalized spacial score (nSPS) is 23.9. The zero-order valence-corrected chi connectivity index (χ0v) is 8.48. The van der Waals surface area contributed by atoms with E-state index >= 15 is 0 Å². The van der Waals surface area contributed by atoms with E-state index in [1.165, 1.54) is 25.7 Å². The monoisotopic (exact) mass is 192 g/mol. The van der Waals surface area contributed by atoms with Gasteiger partial charge in [-0.2, -0.15) is 0 Å². The highest BCUT2D eigenvalue weighted by molar-refractivity contribution is 5.08. The number of rotatable bonds is 3. The molecular weight excluding hydrogens is 176 g/mol. The molecule has 2 N–H and O–H groups in total. The topological polar surface area (TPSA) is 56.7 Å². The van der Waals surface area contributed by atoms with Crippen LogP contribution in [0.1, 0.15) is 49.4 Å². The van der Waals surface area contributed by atoms with E-state index in [1.807, 2.05) is 6.92 Å². The van der Waals surface area contributed by atoms with E-state index in [9.17, 15) is 0 Å². The van der Waals surface area contributed by atoms with Crippen molar-refractivity contribution in [3.8, 4) is 0 Å². The third kappa shape index (κ3) is 1.25. The van der Waals surface area contributed by atoms with Gasteiger partial charge in [0.05, 0.1) is 6.04 Å². The van der Waals surface area contributed by atoms with Crippen LogP contribution in [0.25, 0.3) is 0 Å². The minimum atomic E-state index is 0.122. The summed E-state index contributed by atoms with van der Waals surface area (Å²) in [5.41, 5.74) is 6.16. The molecule has 76 valence electrons. The van der Waals surface area contributed by atoms with Gasteiger partial charge in [-0.1, -0.05) is 0 Å². The largest absolute Gasteiger partial charge is 0.321 e. The molecule has 4 nitrogen and oxygen atoms in total. The fraction of sp³-hybridized carbons (Fsp3) is 0.800. The van der Waals surface area contributed by atoms with Gasteiger partial charge < -0.3 is 10.3 Å². The van der Waals surface area contributed by atoms with Gasteiger partial charge in [0, 0.05) is 6.04 Å². The molecule has 0 saturated heterocycles.